The van der Waals surface area contributed by atoms with Crippen LogP contribution in [0.4, 0.5) is 4.79 Å². The van der Waals surface area contributed by atoms with Gasteiger partial charge in [0.2, 0.25) is 0 Å². The average molecular weight is 398 g/mol. The smallest absolute Gasteiger partial charge is 0.407 e. The van der Waals surface area contributed by atoms with E-state index in [4.69, 9.17) is 9.47 Å². The lowest BCUT2D eigenvalue weighted by molar-refractivity contribution is 0.0201. The summed E-state index contributed by atoms with van der Waals surface area (Å²) < 4.78 is 11.2. The second-order valence-corrected chi connectivity index (χ2v) is 7.09. The predicted molar refractivity (Wildman–Crippen MR) is 99.4 cm³/mol. The Hall–Kier alpha value is -1.07. The van der Waals surface area contributed by atoms with E-state index in [9.17, 15) is 4.79 Å². The van der Waals surface area contributed by atoms with Gasteiger partial charge in [-0.3, -0.25) is 0 Å². The molecular weight excluding hydrogens is 370 g/mol. The summed E-state index contributed by atoms with van der Waals surface area (Å²) in [6.45, 7) is 1.18. The summed E-state index contributed by atoms with van der Waals surface area (Å²) in [7, 11) is 0. The minimum absolute atomic E-state index is 0.210. The molecule has 1 aliphatic rings. The van der Waals surface area contributed by atoms with Crippen LogP contribution in [-0.4, -0.2) is 30.2 Å². The topological polar surface area (TPSA) is 47.6 Å². The number of rotatable bonds is 9. The molecule has 0 atom stereocenters. The van der Waals surface area contributed by atoms with Gasteiger partial charge >= 0.3 is 6.09 Å². The van der Waals surface area contributed by atoms with Gasteiger partial charge in [0.1, 0.15) is 6.61 Å². The Kier molecular flexibility index (Phi) is 9.21. The fourth-order valence-corrected chi connectivity index (χ4v) is 3.33. The molecule has 1 N–H and O–H groups in total. The lowest BCUT2D eigenvalue weighted by atomic mass is 9.93. The first-order chi connectivity index (χ1) is 11.8. The fourth-order valence-electron chi connectivity index (χ4n) is 2.93. The number of amides is 1. The quantitative estimate of drug-likeness (QED) is 0.480. The maximum absolute atomic E-state index is 11.9. The second-order valence-electron chi connectivity index (χ2n) is 6.30. The van der Waals surface area contributed by atoms with Gasteiger partial charge in [0.15, 0.2) is 0 Å². The second kappa shape index (κ2) is 11.5. The molecular formula is C19H28BrNO3. The van der Waals surface area contributed by atoms with Gasteiger partial charge in [-0.2, -0.15) is 0 Å². The van der Waals surface area contributed by atoms with Crippen molar-refractivity contribution in [1.29, 1.82) is 0 Å². The van der Waals surface area contributed by atoms with Gasteiger partial charge in [-0.05, 0) is 44.1 Å². The van der Waals surface area contributed by atoms with E-state index in [2.05, 4.69) is 21.2 Å². The van der Waals surface area contributed by atoms with Gasteiger partial charge in [0.25, 0.3) is 0 Å². The molecule has 0 bridgehead atoms. The van der Waals surface area contributed by atoms with Crippen LogP contribution in [0.1, 0.15) is 50.5 Å². The van der Waals surface area contributed by atoms with Crippen LogP contribution in [0.2, 0.25) is 0 Å². The molecule has 0 radical (unpaired) electrons. The molecule has 1 amide bonds. The third-order valence-electron chi connectivity index (χ3n) is 4.34. The first kappa shape index (κ1) is 19.3. The van der Waals surface area contributed by atoms with Crippen LogP contribution in [-0.2, 0) is 16.1 Å². The number of ether oxygens (including phenoxy) is 2. The van der Waals surface area contributed by atoms with Crippen molar-refractivity contribution >= 4 is 22.0 Å². The number of alkyl halides is 1. The number of carbonyl (C=O) groups excluding carboxylic acids is 1. The van der Waals surface area contributed by atoms with Crippen molar-refractivity contribution in [1.82, 2.24) is 5.32 Å². The Morgan fingerprint density at radius 2 is 1.83 bits per heavy atom. The standard InChI is InChI=1S/C19H28BrNO3/c20-13-5-2-6-14-23-18-11-9-17(10-12-18)21-19(22)24-15-16-7-3-1-4-8-16/h1,3-4,7-8,17-18H,2,5-6,9-15H2,(H,21,22). The molecule has 1 aliphatic carbocycles. The zero-order chi connectivity index (χ0) is 17.0. The van der Waals surface area contributed by atoms with E-state index in [1.807, 2.05) is 30.3 Å². The first-order valence-electron chi connectivity index (χ1n) is 8.92. The highest BCUT2D eigenvalue weighted by molar-refractivity contribution is 9.09. The number of hydrogen-bond donors (Lipinski definition) is 1. The van der Waals surface area contributed by atoms with E-state index in [-0.39, 0.29) is 12.1 Å². The van der Waals surface area contributed by atoms with Crippen molar-refractivity contribution in [3.8, 4) is 0 Å². The van der Waals surface area contributed by atoms with Gasteiger partial charge < -0.3 is 14.8 Å². The molecule has 4 nitrogen and oxygen atoms in total. The number of benzene rings is 1. The number of carbonyl (C=O) groups is 1. The summed E-state index contributed by atoms with van der Waals surface area (Å²) >= 11 is 3.44. The van der Waals surface area contributed by atoms with Gasteiger partial charge in [-0.25, -0.2) is 4.79 Å². The summed E-state index contributed by atoms with van der Waals surface area (Å²) in [5, 5.41) is 4.05. The molecule has 134 valence electrons. The summed E-state index contributed by atoms with van der Waals surface area (Å²) in [5.74, 6) is 0. The molecule has 0 saturated heterocycles. The van der Waals surface area contributed by atoms with Crippen molar-refractivity contribution in [2.75, 3.05) is 11.9 Å². The Labute approximate surface area is 153 Å². The Bertz CT molecular complexity index is 461. The maximum atomic E-state index is 11.9. The highest BCUT2D eigenvalue weighted by Crippen LogP contribution is 2.21. The monoisotopic (exact) mass is 397 g/mol. The Balaban J connectivity index is 1.54. The number of halogens is 1. The molecule has 1 saturated carbocycles. The first-order valence-corrected chi connectivity index (χ1v) is 10.0. The van der Waals surface area contributed by atoms with Crippen molar-refractivity contribution in [3.05, 3.63) is 35.9 Å². The van der Waals surface area contributed by atoms with E-state index in [1.54, 1.807) is 0 Å². The summed E-state index contributed by atoms with van der Waals surface area (Å²) in [5.41, 5.74) is 1.00. The largest absolute Gasteiger partial charge is 0.445 e. The maximum Gasteiger partial charge on any atom is 0.407 e. The molecule has 1 aromatic rings. The van der Waals surface area contributed by atoms with Crippen LogP contribution in [0.25, 0.3) is 0 Å². The molecule has 5 heteroatoms. The van der Waals surface area contributed by atoms with Gasteiger partial charge in [0, 0.05) is 18.0 Å². The molecule has 1 fully saturated rings. The highest BCUT2D eigenvalue weighted by Gasteiger charge is 2.23. The predicted octanol–water partition coefficient (Wildman–Crippen LogP) is 4.81. The van der Waals surface area contributed by atoms with Crippen LogP contribution in [0.3, 0.4) is 0 Å². The van der Waals surface area contributed by atoms with Crippen molar-refractivity contribution in [3.63, 3.8) is 0 Å². The van der Waals surface area contributed by atoms with Crippen LogP contribution in [0.5, 0.6) is 0 Å². The summed E-state index contributed by atoms with van der Waals surface area (Å²) in [6, 6.07) is 9.95. The highest BCUT2D eigenvalue weighted by atomic mass is 79.9. The van der Waals surface area contributed by atoms with Gasteiger partial charge in [0.05, 0.1) is 6.10 Å². The summed E-state index contributed by atoms with van der Waals surface area (Å²) in [4.78, 5) is 11.9. The molecule has 0 spiro atoms. The molecule has 1 aromatic carbocycles. The van der Waals surface area contributed by atoms with Crippen LogP contribution in [0, 0.1) is 0 Å². The fraction of sp³-hybridized carbons (Fsp3) is 0.632. The normalized spacial score (nSPS) is 20.5. The number of unbranched alkanes of at least 4 members (excludes halogenated alkanes) is 2. The molecule has 0 heterocycles. The SMILES string of the molecule is O=C(NC1CCC(OCCCCCBr)CC1)OCc1ccccc1. The van der Waals surface area contributed by atoms with E-state index in [0.29, 0.717) is 12.7 Å². The van der Waals surface area contributed by atoms with Crippen LogP contribution in [0.15, 0.2) is 30.3 Å². The molecule has 0 aromatic heterocycles. The lowest BCUT2D eigenvalue weighted by Crippen LogP contribution is -2.39. The van der Waals surface area contributed by atoms with Crippen molar-refractivity contribution in [2.45, 2.75) is 63.7 Å². The third kappa shape index (κ3) is 7.67. The Morgan fingerprint density at radius 3 is 2.54 bits per heavy atom. The minimum Gasteiger partial charge on any atom is -0.445 e. The minimum atomic E-state index is -0.321. The van der Waals surface area contributed by atoms with Gasteiger partial charge in [-0.15, -0.1) is 0 Å². The molecule has 0 aliphatic heterocycles. The molecule has 2 rings (SSSR count). The molecule has 24 heavy (non-hydrogen) atoms. The van der Waals surface area contributed by atoms with Crippen molar-refractivity contribution in [2.24, 2.45) is 0 Å². The number of alkyl carbamates (subject to hydrolysis) is 1. The van der Waals surface area contributed by atoms with E-state index in [0.717, 1.165) is 49.6 Å². The van der Waals surface area contributed by atoms with E-state index >= 15 is 0 Å². The van der Waals surface area contributed by atoms with Gasteiger partial charge in [-0.1, -0.05) is 52.7 Å². The van der Waals surface area contributed by atoms with E-state index < -0.39 is 0 Å². The van der Waals surface area contributed by atoms with Crippen molar-refractivity contribution < 1.29 is 14.3 Å². The van der Waals surface area contributed by atoms with Crippen LogP contribution >= 0.6 is 15.9 Å². The zero-order valence-electron chi connectivity index (χ0n) is 14.2. The van der Waals surface area contributed by atoms with Crippen LogP contribution < -0.4 is 5.32 Å². The lowest BCUT2D eigenvalue weighted by Gasteiger charge is -2.28. The third-order valence-corrected chi connectivity index (χ3v) is 4.90. The molecule has 0 unspecified atom stereocenters. The zero-order valence-corrected chi connectivity index (χ0v) is 15.8. The number of hydrogen-bond acceptors (Lipinski definition) is 3. The number of nitrogens with one attached hydrogen (secondary N) is 1. The summed E-state index contributed by atoms with van der Waals surface area (Å²) in [6.07, 6.45) is 7.56. The van der Waals surface area contributed by atoms with E-state index in [1.165, 1.54) is 12.8 Å². The average Bonchev–Trinajstić information content (AvgIpc) is 2.62. The Morgan fingerprint density at radius 1 is 1.08 bits per heavy atom.